The highest BCUT2D eigenvalue weighted by Gasteiger charge is 2.52. The Morgan fingerprint density at radius 2 is 1.79 bits per heavy atom. The lowest BCUT2D eigenvalue weighted by molar-refractivity contribution is -0.138. The van der Waals surface area contributed by atoms with Gasteiger partial charge in [0.15, 0.2) is 0 Å². The zero-order chi connectivity index (χ0) is 18.3. The molecule has 134 valence electrons. The van der Waals surface area contributed by atoms with Crippen LogP contribution >= 0.6 is 0 Å². The minimum absolute atomic E-state index is 0.126. The van der Waals surface area contributed by atoms with Crippen LogP contribution in [0.4, 0.5) is 0 Å². The number of likely N-dealkylation sites (N-methyl/N-ethyl adjacent to an activating group) is 1. The lowest BCUT2D eigenvalue weighted by Crippen LogP contribution is -2.41. The molecule has 0 aromatic carbocycles. The zero-order valence-corrected chi connectivity index (χ0v) is 16.2. The SMILES string of the molecule is CN(CCn1cc(B2OC(C)(C)C(C)(C)O2)cn1)C(=O)C(C)(C)C. The van der Waals surface area contributed by atoms with Crippen molar-refractivity contribution in [1.82, 2.24) is 14.7 Å². The number of hydrogen-bond acceptors (Lipinski definition) is 4. The minimum Gasteiger partial charge on any atom is -0.399 e. The van der Waals surface area contributed by atoms with Crippen LogP contribution in [0.25, 0.3) is 0 Å². The van der Waals surface area contributed by atoms with Crippen LogP contribution in [-0.4, -0.2) is 52.5 Å². The molecule has 1 aliphatic heterocycles. The van der Waals surface area contributed by atoms with Crippen LogP contribution in [-0.2, 0) is 20.6 Å². The Kier molecular flexibility index (Phi) is 4.90. The first kappa shape index (κ1) is 19.0. The average molecular weight is 335 g/mol. The van der Waals surface area contributed by atoms with E-state index in [1.165, 1.54) is 0 Å². The maximum absolute atomic E-state index is 12.2. The molecule has 1 amide bonds. The molecule has 1 saturated heterocycles. The molecule has 0 saturated carbocycles. The normalized spacial score (nSPS) is 19.6. The third kappa shape index (κ3) is 3.83. The van der Waals surface area contributed by atoms with Crippen molar-refractivity contribution in [3.05, 3.63) is 12.4 Å². The number of carbonyl (C=O) groups excluding carboxylic acids is 1. The lowest BCUT2D eigenvalue weighted by atomic mass is 9.82. The topological polar surface area (TPSA) is 56.6 Å². The Balaban J connectivity index is 1.96. The van der Waals surface area contributed by atoms with E-state index in [1.54, 1.807) is 11.1 Å². The second-order valence-electron chi connectivity index (χ2n) is 8.60. The van der Waals surface area contributed by atoms with Crippen LogP contribution in [0.1, 0.15) is 48.5 Å². The maximum atomic E-state index is 12.2. The summed E-state index contributed by atoms with van der Waals surface area (Å²) in [5.41, 5.74) is -0.191. The van der Waals surface area contributed by atoms with Crippen molar-refractivity contribution >= 4 is 18.5 Å². The quantitative estimate of drug-likeness (QED) is 0.786. The molecule has 0 spiro atoms. The van der Waals surface area contributed by atoms with Crippen molar-refractivity contribution in [1.29, 1.82) is 0 Å². The summed E-state index contributed by atoms with van der Waals surface area (Å²) in [6.45, 7) is 15.2. The molecule has 0 bridgehead atoms. The van der Waals surface area contributed by atoms with Crippen molar-refractivity contribution in [2.75, 3.05) is 13.6 Å². The number of carbonyl (C=O) groups is 1. The molecule has 1 aromatic heterocycles. The number of nitrogens with zero attached hydrogens (tertiary/aromatic N) is 3. The predicted molar refractivity (Wildman–Crippen MR) is 95.0 cm³/mol. The van der Waals surface area contributed by atoms with Crippen LogP contribution < -0.4 is 5.46 Å². The van der Waals surface area contributed by atoms with Crippen molar-refractivity contribution in [3.8, 4) is 0 Å². The van der Waals surface area contributed by atoms with Gasteiger partial charge in [-0.2, -0.15) is 5.10 Å². The fourth-order valence-electron chi connectivity index (χ4n) is 2.53. The van der Waals surface area contributed by atoms with E-state index in [9.17, 15) is 4.79 Å². The molecule has 0 radical (unpaired) electrons. The molecule has 2 heterocycles. The molecule has 0 unspecified atom stereocenters. The highest BCUT2D eigenvalue weighted by Crippen LogP contribution is 2.36. The van der Waals surface area contributed by atoms with E-state index < -0.39 is 7.12 Å². The maximum Gasteiger partial charge on any atom is 0.498 e. The van der Waals surface area contributed by atoms with Gasteiger partial charge in [0.25, 0.3) is 0 Å². The van der Waals surface area contributed by atoms with Crippen LogP contribution in [0.3, 0.4) is 0 Å². The zero-order valence-electron chi connectivity index (χ0n) is 16.2. The van der Waals surface area contributed by atoms with Crippen molar-refractivity contribution in [2.24, 2.45) is 5.41 Å². The highest BCUT2D eigenvalue weighted by atomic mass is 16.7. The van der Waals surface area contributed by atoms with Gasteiger partial charge in [0.05, 0.1) is 17.7 Å². The van der Waals surface area contributed by atoms with E-state index in [0.29, 0.717) is 13.1 Å². The summed E-state index contributed by atoms with van der Waals surface area (Å²) >= 11 is 0. The highest BCUT2D eigenvalue weighted by molar-refractivity contribution is 6.61. The number of amides is 1. The van der Waals surface area contributed by atoms with Gasteiger partial charge >= 0.3 is 7.12 Å². The van der Waals surface area contributed by atoms with Crippen LogP contribution in [0.2, 0.25) is 0 Å². The average Bonchev–Trinajstić information content (AvgIpc) is 2.97. The first-order valence-electron chi connectivity index (χ1n) is 8.47. The molecule has 0 aliphatic carbocycles. The first-order chi connectivity index (χ1) is 10.8. The molecule has 1 fully saturated rings. The third-order valence-corrected chi connectivity index (χ3v) is 4.83. The van der Waals surface area contributed by atoms with E-state index in [0.717, 1.165) is 5.46 Å². The molecule has 0 N–H and O–H groups in total. The van der Waals surface area contributed by atoms with Gasteiger partial charge in [-0.05, 0) is 27.7 Å². The molecule has 6 nitrogen and oxygen atoms in total. The van der Waals surface area contributed by atoms with Gasteiger partial charge in [0, 0.05) is 36.9 Å². The lowest BCUT2D eigenvalue weighted by Gasteiger charge is -2.32. The summed E-state index contributed by atoms with van der Waals surface area (Å²) in [7, 11) is 1.42. The summed E-state index contributed by atoms with van der Waals surface area (Å²) in [6.07, 6.45) is 3.70. The first-order valence-corrected chi connectivity index (χ1v) is 8.47. The summed E-state index contributed by atoms with van der Waals surface area (Å²) in [4.78, 5) is 13.9. The minimum atomic E-state index is -0.405. The van der Waals surface area contributed by atoms with Crippen LogP contribution in [0.5, 0.6) is 0 Å². The summed E-state index contributed by atoms with van der Waals surface area (Å²) in [6, 6.07) is 0. The van der Waals surface area contributed by atoms with Gasteiger partial charge in [0.2, 0.25) is 5.91 Å². The molecule has 2 rings (SSSR count). The van der Waals surface area contributed by atoms with E-state index >= 15 is 0 Å². The monoisotopic (exact) mass is 335 g/mol. The predicted octanol–water partition coefficient (Wildman–Crippen LogP) is 1.69. The number of rotatable bonds is 4. The van der Waals surface area contributed by atoms with Crippen molar-refractivity contribution < 1.29 is 14.1 Å². The van der Waals surface area contributed by atoms with E-state index in [2.05, 4.69) is 5.10 Å². The molecule has 0 atom stereocenters. The van der Waals surface area contributed by atoms with Gasteiger partial charge in [0.1, 0.15) is 0 Å². The second kappa shape index (κ2) is 6.19. The number of aromatic nitrogens is 2. The Bertz CT molecular complexity index is 588. The smallest absolute Gasteiger partial charge is 0.399 e. The van der Waals surface area contributed by atoms with E-state index in [1.807, 2.05) is 66.4 Å². The summed E-state index contributed by atoms with van der Waals surface area (Å²) in [5.74, 6) is 0.126. The molecule has 1 aliphatic rings. The number of hydrogen-bond donors (Lipinski definition) is 0. The van der Waals surface area contributed by atoms with Crippen molar-refractivity contribution in [3.63, 3.8) is 0 Å². The standard InChI is InChI=1S/C17H30BN3O3/c1-15(2,3)14(22)20(8)9-10-21-12-13(11-19-21)18-23-16(4,5)17(6,7)24-18/h11-12H,9-10H2,1-8H3. The molecule has 24 heavy (non-hydrogen) atoms. The van der Waals surface area contributed by atoms with Gasteiger partial charge in [-0.25, -0.2) is 0 Å². The Labute approximate surface area is 145 Å². The Hall–Kier alpha value is -1.34. The third-order valence-electron chi connectivity index (χ3n) is 4.83. The van der Waals surface area contributed by atoms with Gasteiger partial charge < -0.3 is 14.2 Å². The summed E-state index contributed by atoms with van der Waals surface area (Å²) < 4.78 is 13.9. The van der Waals surface area contributed by atoms with E-state index in [-0.39, 0.29) is 22.5 Å². The molecule has 7 heteroatoms. The van der Waals surface area contributed by atoms with Gasteiger partial charge in [-0.1, -0.05) is 20.8 Å². The van der Waals surface area contributed by atoms with Gasteiger partial charge in [-0.15, -0.1) is 0 Å². The fraction of sp³-hybridized carbons (Fsp3) is 0.765. The second-order valence-corrected chi connectivity index (χ2v) is 8.60. The molecular formula is C17H30BN3O3. The Morgan fingerprint density at radius 3 is 2.29 bits per heavy atom. The van der Waals surface area contributed by atoms with Crippen LogP contribution in [0.15, 0.2) is 12.4 Å². The molecular weight excluding hydrogens is 305 g/mol. The van der Waals surface area contributed by atoms with E-state index in [4.69, 9.17) is 9.31 Å². The van der Waals surface area contributed by atoms with Gasteiger partial charge in [-0.3, -0.25) is 9.48 Å². The van der Waals surface area contributed by atoms with Crippen LogP contribution in [0, 0.1) is 5.41 Å². The largest absolute Gasteiger partial charge is 0.498 e. The fourth-order valence-corrected chi connectivity index (χ4v) is 2.53. The molecule has 1 aromatic rings. The van der Waals surface area contributed by atoms with Crippen molar-refractivity contribution in [2.45, 2.75) is 66.2 Å². The summed E-state index contributed by atoms with van der Waals surface area (Å²) in [5, 5.41) is 4.37. The Morgan fingerprint density at radius 1 is 1.25 bits per heavy atom.